The SMILES string of the molecule is NCC1CCN(C(=O)CCc2ccccn2)C1. The van der Waals surface area contributed by atoms with E-state index in [1.54, 1.807) is 6.20 Å². The van der Waals surface area contributed by atoms with Gasteiger partial charge < -0.3 is 10.6 Å². The first kappa shape index (κ1) is 12.0. The summed E-state index contributed by atoms with van der Waals surface area (Å²) in [5.41, 5.74) is 6.60. The highest BCUT2D eigenvalue weighted by Crippen LogP contribution is 2.16. The van der Waals surface area contributed by atoms with Crippen LogP contribution in [0, 0.1) is 5.92 Å². The number of rotatable bonds is 4. The first-order valence-electron chi connectivity index (χ1n) is 6.17. The van der Waals surface area contributed by atoms with Crippen molar-refractivity contribution in [3.63, 3.8) is 0 Å². The van der Waals surface area contributed by atoms with E-state index in [-0.39, 0.29) is 5.91 Å². The lowest BCUT2D eigenvalue weighted by molar-refractivity contribution is -0.130. The molecule has 92 valence electrons. The Hall–Kier alpha value is -1.42. The van der Waals surface area contributed by atoms with Crippen LogP contribution in [0.4, 0.5) is 0 Å². The molecule has 2 rings (SSSR count). The molecular formula is C13H19N3O. The van der Waals surface area contributed by atoms with Crippen molar-refractivity contribution in [3.05, 3.63) is 30.1 Å². The third-order valence-corrected chi connectivity index (χ3v) is 3.29. The van der Waals surface area contributed by atoms with Crippen LogP contribution >= 0.6 is 0 Å². The number of aromatic nitrogens is 1. The molecule has 1 aromatic heterocycles. The standard InChI is InChI=1S/C13H19N3O/c14-9-11-6-8-16(10-11)13(17)5-4-12-3-1-2-7-15-12/h1-3,7,11H,4-6,8-10,14H2. The number of carbonyl (C=O) groups excluding carboxylic acids is 1. The molecule has 17 heavy (non-hydrogen) atoms. The average molecular weight is 233 g/mol. The summed E-state index contributed by atoms with van der Waals surface area (Å²) in [6.45, 7) is 2.38. The molecule has 1 aliphatic heterocycles. The minimum absolute atomic E-state index is 0.228. The number of aryl methyl sites for hydroxylation is 1. The van der Waals surface area contributed by atoms with E-state index < -0.39 is 0 Å². The summed E-state index contributed by atoms with van der Waals surface area (Å²) < 4.78 is 0. The summed E-state index contributed by atoms with van der Waals surface area (Å²) in [6, 6.07) is 5.80. The van der Waals surface area contributed by atoms with Gasteiger partial charge in [0.15, 0.2) is 0 Å². The van der Waals surface area contributed by atoms with Gasteiger partial charge in [-0.2, -0.15) is 0 Å². The zero-order valence-corrected chi connectivity index (χ0v) is 10.0. The van der Waals surface area contributed by atoms with Crippen LogP contribution in [0.15, 0.2) is 24.4 Å². The summed E-state index contributed by atoms with van der Waals surface area (Å²) in [4.78, 5) is 18.1. The van der Waals surface area contributed by atoms with E-state index in [2.05, 4.69) is 4.98 Å². The van der Waals surface area contributed by atoms with E-state index in [0.29, 0.717) is 18.9 Å². The number of hydrogen-bond acceptors (Lipinski definition) is 3. The third kappa shape index (κ3) is 3.27. The summed E-state index contributed by atoms with van der Waals surface area (Å²) in [5, 5.41) is 0. The van der Waals surface area contributed by atoms with Gasteiger partial charge in [-0.3, -0.25) is 9.78 Å². The van der Waals surface area contributed by atoms with E-state index in [4.69, 9.17) is 5.73 Å². The number of hydrogen-bond donors (Lipinski definition) is 1. The number of carbonyl (C=O) groups is 1. The summed E-state index contributed by atoms with van der Waals surface area (Å²) in [5.74, 6) is 0.723. The van der Waals surface area contributed by atoms with Gasteiger partial charge in [0.25, 0.3) is 0 Å². The molecule has 4 heteroatoms. The van der Waals surface area contributed by atoms with Crippen molar-refractivity contribution in [1.82, 2.24) is 9.88 Å². The Morgan fingerprint density at radius 3 is 3.06 bits per heavy atom. The van der Waals surface area contributed by atoms with Crippen molar-refractivity contribution in [1.29, 1.82) is 0 Å². The van der Waals surface area contributed by atoms with Crippen LogP contribution in [0.25, 0.3) is 0 Å². The molecule has 1 aliphatic rings. The smallest absolute Gasteiger partial charge is 0.222 e. The minimum atomic E-state index is 0.228. The van der Waals surface area contributed by atoms with Crippen LogP contribution < -0.4 is 5.73 Å². The molecule has 1 unspecified atom stereocenters. The van der Waals surface area contributed by atoms with Gasteiger partial charge in [-0.1, -0.05) is 6.07 Å². The Morgan fingerprint density at radius 1 is 1.53 bits per heavy atom. The highest BCUT2D eigenvalue weighted by Gasteiger charge is 2.24. The molecule has 1 atom stereocenters. The maximum Gasteiger partial charge on any atom is 0.222 e. The largest absolute Gasteiger partial charge is 0.342 e. The Bertz CT molecular complexity index is 366. The van der Waals surface area contributed by atoms with E-state index in [0.717, 1.165) is 31.6 Å². The molecule has 0 saturated carbocycles. The Kier molecular flexibility index (Phi) is 4.09. The molecule has 1 fully saturated rings. The van der Waals surface area contributed by atoms with Gasteiger partial charge in [0.05, 0.1) is 0 Å². The predicted molar refractivity (Wildman–Crippen MR) is 66.3 cm³/mol. The highest BCUT2D eigenvalue weighted by atomic mass is 16.2. The Labute approximate surface area is 102 Å². The molecule has 0 bridgehead atoms. The van der Waals surface area contributed by atoms with Gasteiger partial charge in [0, 0.05) is 31.4 Å². The third-order valence-electron chi connectivity index (χ3n) is 3.29. The zero-order valence-electron chi connectivity index (χ0n) is 10.0. The van der Waals surface area contributed by atoms with Crippen molar-refractivity contribution >= 4 is 5.91 Å². The molecule has 1 amide bonds. The summed E-state index contributed by atoms with van der Waals surface area (Å²) in [7, 11) is 0. The molecule has 2 N–H and O–H groups in total. The Morgan fingerprint density at radius 2 is 2.41 bits per heavy atom. The topological polar surface area (TPSA) is 59.2 Å². The van der Waals surface area contributed by atoms with Crippen molar-refractivity contribution in [3.8, 4) is 0 Å². The van der Waals surface area contributed by atoms with Crippen LogP contribution in [0.3, 0.4) is 0 Å². The second-order valence-corrected chi connectivity index (χ2v) is 4.55. The van der Waals surface area contributed by atoms with E-state index in [1.807, 2.05) is 23.1 Å². The molecule has 0 aromatic carbocycles. The van der Waals surface area contributed by atoms with Crippen LogP contribution in [0.1, 0.15) is 18.5 Å². The number of amides is 1. The average Bonchev–Trinajstić information content (AvgIpc) is 2.86. The maximum absolute atomic E-state index is 11.9. The fourth-order valence-electron chi connectivity index (χ4n) is 2.19. The quantitative estimate of drug-likeness (QED) is 0.837. The predicted octanol–water partition coefficient (Wildman–Crippen LogP) is 0.821. The fraction of sp³-hybridized carbons (Fsp3) is 0.538. The lowest BCUT2D eigenvalue weighted by Crippen LogP contribution is -2.30. The summed E-state index contributed by atoms with van der Waals surface area (Å²) >= 11 is 0. The van der Waals surface area contributed by atoms with Crippen LogP contribution in [-0.2, 0) is 11.2 Å². The first-order chi connectivity index (χ1) is 8.29. The molecule has 2 heterocycles. The lowest BCUT2D eigenvalue weighted by atomic mass is 10.1. The zero-order chi connectivity index (χ0) is 12.1. The number of pyridine rings is 1. The van der Waals surface area contributed by atoms with Crippen molar-refractivity contribution in [2.45, 2.75) is 19.3 Å². The van der Waals surface area contributed by atoms with Gasteiger partial charge in [0.1, 0.15) is 0 Å². The number of likely N-dealkylation sites (tertiary alicyclic amines) is 1. The normalized spacial score (nSPS) is 19.6. The van der Waals surface area contributed by atoms with Crippen molar-refractivity contribution in [2.75, 3.05) is 19.6 Å². The van der Waals surface area contributed by atoms with Crippen molar-refractivity contribution in [2.24, 2.45) is 11.7 Å². The maximum atomic E-state index is 11.9. The number of nitrogens with zero attached hydrogens (tertiary/aromatic N) is 2. The minimum Gasteiger partial charge on any atom is -0.342 e. The highest BCUT2D eigenvalue weighted by molar-refractivity contribution is 5.76. The van der Waals surface area contributed by atoms with Gasteiger partial charge >= 0.3 is 0 Å². The van der Waals surface area contributed by atoms with Crippen LogP contribution in [-0.4, -0.2) is 35.4 Å². The van der Waals surface area contributed by atoms with Gasteiger partial charge in [-0.15, -0.1) is 0 Å². The molecule has 1 saturated heterocycles. The van der Waals surface area contributed by atoms with Crippen LogP contribution in [0.5, 0.6) is 0 Å². The molecular weight excluding hydrogens is 214 g/mol. The first-order valence-corrected chi connectivity index (χ1v) is 6.17. The van der Waals surface area contributed by atoms with Gasteiger partial charge in [-0.05, 0) is 37.4 Å². The van der Waals surface area contributed by atoms with Gasteiger partial charge in [0.2, 0.25) is 5.91 Å². The molecule has 0 aliphatic carbocycles. The molecule has 4 nitrogen and oxygen atoms in total. The Balaban J connectivity index is 1.78. The van der Waals surface area contributed by atoms with E-state index in [1.165, 1.54) is 0 Å². The van der Waals surface area contributed by atoms with Crippen LogP contribution in [0.2, 0.25) is 0 Å². The monoisotopic (exact) mass is 233 g/mol. The summed E-state index contributed by atoms with van der Waals surface area (Å²) in [6.07, 6.45) is 4.09. The lowest BCUT2D eigenvalue weighted by Gasteiger charge is -2.15. The van der Waals surface area contributed by atoms with Crippen molar-refractivity contribution < 1.29 is 4.79 Å². The number of nitrogens with two attached hydrogens (primary N) is 1. The van der Waals surface area contributed by atoms with Gasteiger partial charge in [-0.25, -0.2) is 0 Å². The molecule has 0 spiro atoms. The second-order valence-electron chi connectivity index (χ2n) is 4.55. The van der Waals surface area contributed by atoms with E-state index in [9.17, 15) is 4.79 Å². The molecule has 0 radical (unpaired) electrons. The van der Waals surface area contributed by atoms with E-state index >= 15 is 0 Å². The molecule has 1 aromatic rings. The fourth-order valence-corrected chi connectivity index (χ4v) is 2.19. The second kappa shape index (κ2) is 5.77.